The summed E-state index contributed by atoms with van der Waals surface area (Å²) in [7, 11) is 3.81. The second kappa shape index (κ2) is 7.84. The second-order valence-electron chi connectivity index (χ2n) is 6.51. The number of aryl methyl sites for hydroxylation is 1. The van der Waals surface area contributed by atoms with Crippen LogP contribution in [0.2, 0.25) is 0 Å². The predicted octanol–water partition coefficient (Wildman–Crippen LogP) is 2.74. The molecular formula is C17H23F3N4O2. The number of nitrogens with zero attached hydrogens (tertiary/aromatic N) is 2. The third-order valence-corrected chi connectivity index (χ3v) is 4.25. The van der Waals surface area contributed by atoms with Gasteiger partial charge in [-0.3, -0.25) is 4.79 Å². The summed E-state index contributed by atoms with van der Waals surface area (Å²) in [6.45, 7) is 0.772. The monoisotopic (exact) mass is 372 g/mol. The van der Waals surface area contributed by atoms with Gasteiger partial charge in [0.1, 0.15) is 12.6 Å². The molecule has 2 N–H and O–H groups in total. The largest absolute Gasteiger partial charge is 0.405 e. The molecule has 3 amide bonds. The number of hydrogen-bond acceptors (Lipinski definition) is 3. The van der Waals surface area contributed by atoms with Crippen molar-refractivity contribution < 1.29 is 22.8 Å². The number of anilines is 2. The number of nitrogens with one attached hydrogen (secondary N) is 2. The molecular weight excluding hydrogens is 349 g/mol. The van der Waals surface area contributed by atoms with Crippen LogP contribution in [-0.2, 0) is 4.79 Å². The minimum atomic E-state index is -4.48. The fourth-order valence-electron chi connectivity index (χ4n) is 2.84. The first-order chi connectivity index (χ1) is 12.1. The maximum atomic E-state index is 12.5. The number of rotatable bonds is 4. The topological polar surface area (TPSA) is 64.7 Å². The van der Waals surface area contributed by atoms with Crippen LogP contribution in [-0.4, -0.2) is 56.2 Å². The standard InChI is InChI=1S/C17H23F3N4O2/c1-11-9-12(23(2)3)6-7-13(11)22-16(26)24-8-4-5-14(24)15(25)21-10-17(18,19)20/h6-7,9,14H,4-5,8,10H2,1-3H3,(H,21,25)(H,22,26). The molecule has 9 heteroatoms. The van der Waals surface area contributed by atoms with Gasteiger partial charge < -0.3 is 20.4 Å². The average molecular weight is 372 g/mol. The fraction of sp³-hybridized carbons (Fsp3) is 0.529. The number of carbonyl (C=O) groups excluding carboxylic acids is 2. The summed E-state index contributed by atoms with van der Waals surface area (Å²) in [4.78, 5) is 27.7. The smallest absolute Gasteiger partial charge is 0.378 e. The van der Waals surface area contributed by atoms with Crippen LogP contribution < -0.4 is 15.5 Å². The Bertz CT molecular complexity index is 676. The van der Waals surface area contributed by atoms with E-state index in [1.807, 2.05) is 43.4 Å². The van der Waals surface area contributed by atoms with Crippen molar-refractivity contribution in [1.29, 1.82) is 0 Å². The number of carbonyl (C=O) groups is 2. The van der Waals surface area contributed by atoms with Gasteiger partial charge in [-0.1, -0.05) is 0 Å². The number of benzene rings is 1. The number of alkyl halides is 3. The molecule has 1 aliphatic heterocycles. The summed E-state index contributed by atoms with van der Waals surface area (Å²) >= 11 is 0. The van der Waals surface area contributed by atoms with Gasteiger partial charge in [-0.05, 0) is 43.5 Å². The molecule has 0 saturated carbocycles. The van der Waals surface area contributed by atoms with Crippen molar-refractivity contribution >= 4 is 23.3 Å². The van der Waals surface area contributed by atoms with Gasteiger partial charge >= 0.3 is 12.2 Å². The van der Waals surface area contributed by atoms with E-state index in [2.05, 4.69) is 5.32 Å². The third kappa shape index (κ3) is 5.03. The van der Waals surface area contributed by atoms with Crippen LogP contribution in [0, 0.1) is 6.92 Å². The zero-order chi connectivity index (χ0) is 19.5. The number of amides is 3. The van der Waals surface area contributed by atoms with Gasteiger partial charge in [-0.15, -0.1) is 0 Å². The summed E-state index contributed by atoms with van der Waals surface area (Å²) in [6.07, 6.45) is -3.57. The van der Waals surface area contributed by atoms with Crippen LogP contribution >= 0.6 is 0 Å². The zero-order valence-electron chi connectivity index (χ0n) is 15.0. The predicted molar refractivity (Wildman–Crippen MR) is 93.3 cm³/mol. The quantitative estimate of drug-likeness (QED) is 0.854. The molecule has 0 spiro atoms. The average Bonchev–Trinajstić information content (AvgIpc) is 3.03. The summed E-state index contributed by atoms with van der Waals surface area (Å²) in [5.74, 6) is -0.783. The van der Waals surface area contributed by atoms with E-state index < -0.39 is 30.7 Å². The Morgan fingerprint density at radius 3 is 2.58 bits per heavy atom. The van der Waals surface area contributed by atoms with Crippen LogP contribution in [0.3, 0.4) is 0 Å². The highest BCUT2D eigenvalue weighted by atomic mass is 19.4. The van der Waals surface area contributed by atoms with Gasteiger partial charge in [0, 0.05) is 32.0 Å². The van der Waals surface area contributed by atoms with Gasteiger partial charge in [0.15, 0.2) is 0 Å². The first-order valence-electron chi connectivity index (χ1n) is 8.28. The molecule has 1 aromatic rings. The molecule has 0 radical (unpaired) electrons. The van der Waals surface area contributed by atoms with Crippen LogP contribution in [0.1, 0.15) is 18.4 Å². The lowest BCUT2D eigenvalue weighted by Gasteiger charge is -2.25. The highest BCUT2D eigenvalue weighted by Gasteiger charge is 2.36. The molecule has 1 aromatic carbocycles. The molecule has 6 nitrogen and oxygen atoms in total. The highest BCUT2D eigenvalue weighted by Crippen LogP contribution is 2.24. The lowest BCUT2D eigenvalue weighted by atomic mass is 10.1. The van der Waals surface area contributed by atoms with Gasteiger partial charge in [0.2, 0.25) is 5.91 Å². The van der Waals surface area contributed by atoms with Crippen molar-refractivity contribution in [3.63, 3.8) is 0 Å². The molecule has 0 aromatic heterocycles. The first-order valence-corrected chi connectivity index (χ1v) is 8.28. The van der Waals surface area contributed by atoms with Gasteiger partial charge in [-0.2, -0.15) is 13.2 Å². The molecule has 144 valence electrons. The molecule has 1 saturated heterocycles. The Morgan fingerprint density at radius 2 is 2.00 bits per heavy atom. The van der Waals surface area contributed by atoms with E-state index in [0.717, 1.165) is 11.3 Å². The summed E-state index contributed by atoms with van der Waals surface area (Å²) in [5, 5.41) is 4.60. The van der Waals surface area contributed by atoms with E-state index >= 15 is 0 Å². The van der Waals surface area contributed by atoms with E-state index in [1.54, 1.807) is 6.07 Å². The normalized spacial score (nSPS) is 17.2. The van der Waals surface area contributed by atoms with E-state index in [0.29, 0.717) is 25.1 Å². The summed E-state index contributed by atoms with van der Waals surface area (Å²) < 4.78 is 36.8. The Balaban J connectivity index is 2.03. The van der Waals surface area contributed by atoms with Crippen molar-refractivity contribution in [2.24, 2.45) is 0 Å². The lowest BCUT2D eigenvalue weighted by Crippen LogP contribution is -2.49. The van der Waals surface area contributed by atoms with Crippen molar-refractivity contribution in [2.75, 3.05) is 37.4 Å². The van der Waals surface area contributed by atoms with E-state index in [4.69, 9.17) is 0 Å². The number of urea groups is 1. The SMILES string of the molecule is Cc1cc(N(C)C)ccc1NC(=O)N1CCCC1C(=O)NCC(F)(F)F. The maximum Gasteiger partial charge on any atom is 0.405 e. The van der Waals surface area contributed by atoms with Crippen molar-refractivity contribution in [3.8, 4) is 0 Å². The molecule has 1 aliphatic rings. The van der Waals surface area contributed by atoms with Crippen LogP contribution in [0.25, 0.3) is 0 Å². The minimum Gasteiger partial charge on any atom is -0.378 e. The van der Waals surface area contributed by atoms with E-state index in [-0.39, 0.29) is 0 Å². The van der Waals surface area contributed by atoms with Crippen LogP contribution in [0.4, 0.5) is 29.3 Å². The minimum absolute atomic E-state index is 0.324. The Hall–Kier alpha value is -2.45. The lowest BCUT2D eigenvalue weighted by molar-refractivity contribution is -0.140. The first kappa shape index (κ1) is 19.9. The third-order valence-electron chi connectivity index (χ3n) is 4.25. The molecule has 2 rings (SSSR count). The van der Waals surface area contributed by atoms with Gasteiger partial charge in [-0.25, -0.2) is 4.79 Å². The number of likely N-dealkylation sites (tertiary alicyclic amines) is 1. The molecule has 1 unspecified atom stereocenters. The number of halogens is 3. The highest BCUT2D eigenvalue weighted by molar-refractivity contribution is 5.94. The molecule has 26 heavy (non-hydrogen) atoms. The van der Waals surface area contributed by atoms with Gasteiger partial charge in [0.25, 0.3) is 0 Å². The van der Waals surface area contributed by atoms with Crippen molar-refractivity contribution in [3.05, 3.63) is 23.8 Å². The Morgan fingerprint density at radius 1 is 1.31 bits per heavy atom. The summed E-state index contributed by atoms with van der Waals surface area (Å²) in [5.41, 5.74) is 2.43. The van der Waals surface area contributed by atoms with Crippen LogP contribution in [0.15, 0.2) is 18.2 Å². The van der Waals surface area contributed by atoms with Crippen molar-refractivity contribution in [2.45, 2.75) is 32.0 Å². The second-order valence-corrected chi connectivity index (χ2v) is 6.51. The molecule has 0 bridgehead atoms. The summed E-state index contributed by atoms with van der Waals surface area (Å²) in [6, 6.07) is 4.14. The number of hydrogen-bond donors (Lipinski definition) is 2. The van der Waals surface area contributed by atoms with E-state index in [9.17, 15) is 22.8 Å². The van der Waals surface area contributed by atoms with Crippen LogP contribution in [0.5, 0.6) is 0 Å². The maximum absolute atomic E-state index is 12.5. The Labute approximate surface area is 150 Å². The molecule has 0 aliphatic carbocycles. The Kier molecular flexibility index (Phi) is 5.99. The van der Waals surface area contributed by atoms with Gasteiger partial charge in [0.05, 0.1) is 0 Å². The molecule has 1 fully saturated rings. The van der Waals surface area contributed by atoms with E-state index in [1.165, 1.54) is 4.90 Å². The molecule has 1 heterocycles. The molecule has 1 atom stereocenters. The fourth-order valence-corrected chi connectivity index (χ4v) is 2.84. The van der Waals surface area contributed by atoms with Crippen molar-refractivity contribution in [1.82, 2.24) is 10.2 Å². The zero-order valence-corrected chi connectivity index (χ0v) is 15.0.